The molecule has 5 nitrogen and oxygen atoms in total. The van der Waals surface area contributed by atoms with Crippen LogP contribution in [0.5, 0.6) is 0 Å². The van der Waals surface area contributed by atoms with Crippen LogP contribution < -0.4 is 4.90 Å². The molecular formula is C27H32BrClN2O3. The normalized spacial score (nSPS) is 21.6. The number of nitrogens with zero attached hydrogens (tertiary/aromatic N) is 2. The zero-order valence-electron chi connectivity index (χ0n) is 20.1. The highest BCUT2D eigenvalue weighted by Crippen LogP contribution is 2.40. The lowest BCUT2D eigenvalue weighted by atomic mass is 9.79. The number of allylic oxidation sites excluding steroid dienone is 1. The van der Waals surface area contributed by atoms with Crippen molar-refractivity contribution in [3.63, 3.8) is 0 Å². The number of anilines is 1. The van der Waals surface area contributed by atoms with Gasteiger partial charge in [-0.1, -0.05) is 23.7 Å². The van der Waals surface area contributed by atoms with Crippen LogP contribution in [0, 0.1) is 0 Å². The number of halogens is 2. The predicted molar refractivity (Wildman–Crippen MR) is 142 cm³/mol. The molecular weight excluding hydrogens is 516 g/mol. The van der Waals surface area contributed by atoms with Crippen LogP contribution in [0.25, 0.3) is 5.57 Å². The van der Waals surface area contributed by atoms with E-state index in [4.69, 9.17) is 21.1 Å². The smallest absolute Gasteiger partial charge is 0.339 e. The number of carbonyl (C=O) groups is 1. The van der Waals surface area contributed by atoms with E-state index in [9.17, 15) is 4.79 Å². The molecule has 0 saturated carbocycles. The lowest BCUT2D eigenvalue weighted by Crippen LogP contribution is -2.47. The van der Waals surface area contributed by atoms with Gasteiger partial charge in [-0.2, -0.15) is 0 Å². The van der Waals surface area contributed by atoms with Gasteiger partial charge in [0.05, 0.1) is 18.3 Å². The molecule has 182 valence electrons. The predicted octanol–water partition coefficient (Wildman–Crippen LogP) is 6.05. The zero-order valence-corrected chi connectivity index (χ0v) is 22.4. The Morgan fingerprint density at radius 2 is 1.79 bits per heavy atom. The molecule has 1 atom stereocenters. The molecule has 1 aliphatic heterocycles. The third-order valence-electron chi connectivity index (χ3n) is 7.11. The van der Waals surface area contributed by atoms with Gasteiger partial charge >= 0.3 is 5.97 Å². The van der Waals surface area contributed by atoms with E-state index in [-0.39, 0.29) is 11.6 Å². The van der Waals surface area contributed by atoms with Gasteiger partial charge in [0.2, 0.25) is 0 Å². The SMILES string of the molecule is COC(=O)c1ccc(N2CCN(CC3=C(c4ccc(Cl)cc4)CC[C@@](C)(OC)C3)CC2)cc1Br. The molecule has 2 aromatic carbocycles. The van der Waals surface area contributed by atoms with Crippen LogP contribution in [-0.4, -0.2) is 63.4 Å². The second kappa shape index (κ2) is 10.8. The minimum absolute atomic E-state index is 0.110. The second-order valence-electron chi connectivity index (χ2n) is 9.34. The Bertz CT molecular complexity index is 1060. The van der Waals surface area contributed by atoms with Crippen molar-refractivity contribution >= 4 is 44.8 Å². The van der Waals surface area contributed by atoms with Crippen molar-refractivity contribution < 1.29 is 14.3 Å². The fraction of sp³-hybridized carbons (Fsp3) is 0.444. The van der Waals surface area contributed by atoms with E-state index in [0.29, 0.717) is 5.56 Å². The summed E-state index contributed by atoms with van der Waals surface area (Å²) in [7, 11) is 3.23. The zero-order chi connectivity index (χ0) is 24.3. The molecule has 0 aromatic heterocycles. The second-order valence-corrected chi connectivity index (χ2v) is 10.6. The number of piperazine rings is 1. The molecule has 0 unspecified atom stereocenters. The van der Waals surface area contributed by atoms with Crippen molar-refractivity contribution in [3.8, 4) is 0 Å². The number of hydrogen-bond donors (Lipinski definition) is 0. The third kappa shape index (κ3) is 5.68. The van der Waals surface area contributed by atoms with Crippen molar-refractivity contribution in [1.82, 2.24) is 4.90 Å². The highest BCUT2D eigenvalue weighted by molar-refractivity contribution is 9.10. The summed E-state index contributed by atoms with van der Waals surface area (Å²) in [5.74, 6) is -0.330. The number of ether oxygens (including phenoxy) is 2. The van der Waals surface area contributed by atoms with E-state index in [1.54, 1.807) is 0 Å². The molecule has 4 rings (SSSR count). The molecule has 0 amide bonds. The highest BCUT2D eigenvalue weighted by atomic mass is 79.9. The van der Waals surface area contributed by atoms with E-state index in [0.717, 1.165) is 67.2 Å². The topological polar surface area (TPSA) is 42.0 Å². The summed E-state index contributed by atoms with van der Waals surface area (Å²) in [6, 6.07) is 14.1. The minimum atomic E-state index is -0.330. The fourth-order valence-electron chi connectivity index (χ4n) is 4.95. The molecule has 34 heavy (non-hydrogen) atoms. The summed E-state index contributed by atoms with van der Waals surface area (Å²) in [5.41, 5.74) is 5.73. The number of esters is 1. The number of hydrogen-bond acceptors (Lipinski definition) is 5. The number of carbonyl (C=O) groups excluding carboxylic acids is 1. The van der Waals surface area contributed by atoms with Crippen LogP contribution in [0.3, 0.4) is 0 Å². The average molecular weight is 548 g/mol. The molecule has 0 N–H and O–H groups in total. The summed E-state index contributed by atoms with van der Waals surface area (Å²) < 4.78 is 11.5. The largest absolute Gasteiger partial charge is 0.465 e. The minimum Gasteiger partial charge on any atom is -0.465 e. The molecule has 1 aliphatic carbocycles. The number of rotatable bonds is 6. The summed E-state index contributed by atoms with van der Waals surface area (Å²) >= 11 is 9.66. The molecule has 0 bridgehead atoms. The van der Waals surface area contributed by atoms with Crippen molar-refractivity contribution in [2.45, 2.75) is 31.8 Å². The lowest BCUT2D eigenvalue weighted by molar-refractivity contribution is -0.00391. The quantitative estimate of drug-likeness (QED) is 0.412. The number of methoxy groups -OCH3 is 2. The molecule has 1 saturated heterocycles. The van der Waals surface area contributed by atoms with Crippen LogP contribution >= 0.6 is 27.5 Å². The van der Waals surface area contributed by atoms with Gasteiger partial charge < -0.3 is 14.4 Å². The molecule has 0 spiro atoms. The molecule has 1 fully saturated rings. The first kappa shape index (κ1) is 25.2. The monoisotopic (exact) mass is 546 g/mol. The van der Waals surface area contributed by atoms with Gasteiger partial charge in [0.1, 0.15) is 0 Å². The van der Waals surface area contributed by atoms with Crippen molar-refractivity contribution in [1.29, 1.82) is 0 Å². The first-order valence-electron chi connectivity index (χ1n) is 11.7. The van der Waals surface area contributed by atoms with Gasteiger partial charge in [0.25, 0.3) is 0 Å². The third-order valence-corrected chi connectivity index (χ3v) is 8.02. The first-order valence-corrected chi connectivity index (χ1v) is 12.9. The summed E-state index contributed by atoms with van der Waals surface area (Å²) in [5, 5.41) is 0.769. The molecule has 7 heteroatoms. The molecule has 0 radical (unpaired) electrons. The van der Waals surface area contributed by atoms with Crippen molar-refractivity contribution in [3.05, 3.63) is 68.7 Å². The Hall–Kier alpha value is -1.86. The lowest BCUT2D eigenvalue weighted by Gasteiger charge is -2.40. The van der Waals surface area contributed by atoms with Crippen LogP contribution in [0.4, 0.5) is 5.69 Å². The fourth-order valence-corrected chi connectivity index (χ4v) is 5.60. The maximum absolute atomic E-state index is 11.9. The van der Waals surface area contributed by atoms with Crippen molar-refractivity contribution in [2.75, 3.05) is 51.8 Å². The maximum atomic E-state index is 11.9. The van der Waals surface area contributed by atoms with Crippen LogP contribution in [0.2, 0.25) is 5.02 Å². The molecule has 1 heterocycles. The van der Waals surface area contributed by atoms with E-state index < -0.39 is 0 Å². The molecule has 2 aliphatic rings. The van der Waals surface area contributed by atoms with E-state index in [2.05, 4.69) is 44.8 Å². The van der Waals surface area contributed by atoms with Gasteiger partial charge in [-0.25, -0.2) is 4.79 Å². The van der Waals surface area contributed by atoms with Crippen LogP contribution in [-0.2, 0) is 9.47 Å². The van der Waals surface area contributed by atoms with Crippen LogP contribution in [0.15, 0.2) is 52.5 Å². The molecule has 2 aromatic rings. The Balaban J connectivity index is 1.46. The van der Waals surface area contributed by atoms with Gasteiger partial charge in [-0.15, -0.1) is 0 Å². The highest BCUT2D eigenvalue weighted by Gasteiger charge is 2.32. The van der Waals surface area contributed by atoms with E-state index in [1.165, 1.54) is 23.8 Å². The van der Waals surface area contributed by atoms with Gasteiger partial charge in [0.15, 0.2) is 0 Å². The Kier molecular flexibility index (Phi) is 8.03. The Morgan fingerprint density at radius 3 is 2.41 bits per heavy atom. The number of benzene rings is 2. The van der Waals surface area contributed by atoms with Gasteiger partial charge in [-0.3, -0.25) is 4.90 Å². The first-order chi connectivity index (χ1) is 16.3. The Labute approximate surface area is 215 Å². The average Bonchev–Trinajstić information content (AvgIpc) is 2.85. The van der Waals surface area contributed by atoms with Gasteiger partial charge in [0, 0.05) is 55.0 Å². The van der Waals surface area contributed by atoms with E-state index >= 15 is 0 Å². The van der Waals surface area contributed by atoms with Crippen LogP contribution in [0.1, 0.15) is 42.1 Å². The van der Waals surface area contributed by atoms with Crippen molar-refractivity contribution in [2.24, 2.45) is 0 Å². The Morgan fingerprint density at radius 1 is 1.09 bits per heavy atom. The maximum Gasteiger partial charge on any atom is 0.339 e. The van der Waals surface area contributed by atoms with Gasteiger partial charge in [-0.05, 0) is 89.2 Å². The standard InChI is InChI=1S/C27H32BrClN2O3/c1-27(34-3)11-10-23(19-4-6-21(29)7-5-19)20(17-27)18-30-12-14-31(15-13-30)22-8-9-24(25(28)16-22)26(32)33-2/h4-9,16H,10-15,17-18H2,1-3H3/t27-/m1/s1. The van der Waals surface area contributed by atoms with E-state index in [1.807, 2.05) is 37.4 Å². The summed E-state index contributed by atoms with van der Waals surface area (Å²) in [4.78, 5) is 16.8. The summed E-state index contributed by atoms with van der Waals surface area (Å²) in [6.07, 6.45) is 2.99. The summed E-state index contributed by atoms with van der Waals surface area (Å²) in [6.45, 7) is 7.02.